The van der Waals surface area contributed by atoms with E-state index in [0.29, 0.717) is 29.7 Å². The summed E-state index contributed by atoms with van der Waals surface area (Å²) in [6, 6.07) is 5.02. The predicted molar refractivity (Wildman–Crippen MR) is 96.4 cm³/mol. The maximum absolute atomic E-state index is 12.5. The Hall–Kier alpha value is -2.63. The molecule has 0 aliphatic rings. The average Bonchev–Trinajstić information content (AvgIpc) is 2.54. The van der Waals surface area contributed by atoms with E-state index in [1.165, 1.54) is 10.6 Å². The number of fused-ring (bicyclic) bond motifs is 1. The quantitative estimate of drug-likeness (QED) is 0.856. The number of hydrogen-bond acceptors (Lipinski definition) is 3. The van der Waals surface area contributed by atoms with Gasteiger partial charge in [-0.15, -0.1) is 0 Å². The van der Waals surface area contributed by atoms with Crippen molar-refractivity contribution in [2.45, 2.75) is 40.8 Å². The fraction of sp³-hybridized carbons (Fsp3) is 0.389. The summed E-state index contributed by atoms with van der Waals surface area (Å²) in [6.07, 6.45) is 3.28. The number of benzene rings is 1. The summed E-state index contributed by atoms with van der Waals surface area (Å²) in [5.74, 6) is 0.0331. The zero-order chi connectivity index (χ0) is 17.9. The van der Waals surface area contributed by atoms with E-state index in [9.17, 15) is 14.4 Å². The van der Waals surface area contributed by atoms with Crippen LogP contribution in [-0.2, 0) is 17.9 Å². The summed E-state index contributed by atoms with van der Waals surface area (Å²) in [5, 5.41) is 3.17. The van der Waals surface area contributed by atoms with Gasteiger partial charge in [0.25, 0.3) is 5.56 Å². The van der Waals surface area contributed by atoms with E-state index < -0.39 is 0 Å². The van der Waals surface area contributed by atoms with E-state index in [4.69, 9.17) is 0 Å². The number of aryl methyl sites for hydroxylation is 1. The molecule has 0 radical (unpaired) electrons. The van der Waals surface area contributed by atoms with E-state index in [0.717, 1.165) is 0 Å². The first-order valence-corrected chi connectivity index (χ1v) is 8.15. The molecular weight excluding hydrogens is 306 g/mol. The van der Waals surface area contributed by atoms with Gasteiger partial charge in [-0.2, -0.15) is 0 Å². The molecule has 2 rings (SSSR count). The van der Waals surface area contributed by atoms with Gasteiger partial charge in [0.1, 0.15) is 0 Å². The van der Waals surface area contributed by atoms with Gasteiger partial charge in [-0.3, -0.25) is 18.7 Å². The Balaban J connectivity index is 2.53. The molecule has 0 saturated carbocycles. The van der Waals surface area contributed by atoms with Gasteiger partial charge in [-0.25, -0.2) is 4.79 Å². The van der Waals surface area contributed by atoms with Gasteiger partial charge in [0.2, 0.25) is 5.91 Å². The van der Waals surface area contributed by atoms with Gasteiger partial charge < -0.3 is 5.32 Å². The molecule has 1 heterocycles. The molecule has 1 N–H and O–H groups in total. The maximum Gasteiger partial charge on any atom is 0.331 e. The van der Waals surface area contributed by atoms with Crippen molar-refractivity contribution in [2.24, 2.45) is 5.92 Å². The van der Waals surface area contributed by atoms with Gasteiger partial charge in [0, 0.05) is 18.8 Å². The molecule has 0 fully saturated rings. The highest BCUT2D eigenvalue weighted by molar-refractivity contribution is 6.00. The lowest BCUT2D eigenvalue weighted by atomic mass is 10.2. The first-order valence-electron chi connectivity index (χ1n) is 8.15. The van der Waals surface area contributed by atoms with Gasteiger partial charge >= 0.3 is 5.69 Å². The standard InChI is InChI=1S/C18H23N3O3/c1-5-20-15-9-8-13(19-16(22)10-7-12(3)4)11-14(15)17(23)21(6-2)18(20)24/h7-12H,5-6H2,1-4H3,(H,19,22)/b10-7+. The molecule has 128 valence electrons. The third kappa shape index (κ3) is 3.48. The normalized spacial score (nSPS) is 11.5. The number of anilines is 1. The van der Waals surface area contributed by atoms with Crippen LogP contribution >= 0.6 is 0 Å². The number of carbonyl (C=O) groups excluding carboxylic acids is 1. The van der Waals surface area contributed by atoms with Crippen LogP contribution in [-0.4, -0.2) is 15.0 Å². The van der Waals surface area contributed by atoms with E-state index in [2.05, 4.69) is 5.32 Å². The Labute approximate surface area is 140 Å². The van der Waals surface area contributed by atoms with E-state index >= 15 is 0 Å². The Morgan fingerprint density at radius 1 is 1.17 bits per heavy atom. The van der Waals surface area contributed by atoms with Crippen molar-refractivity contribution in [3.8, 4) is 0 Å². The molecule has 1 amide bonds. The second kappa shape index (κ2) is 7.29. The minimum atomic E-state index is -0.337. The summed E-state index contributed by atoms with van der Waals surface area (Å²) in [5.41, 5.74) is 0.458. The molecule has 1 aromatic heterocycles. The highest BCUT2D eigenvalue weighted by Crippen LogP contribution is 2.15. The van der Waals surface area contributed by atoms with Crippen LogP contribution < -0.4 is 16.6 Å². The van der Waals surface area contributed by atoms with Gasteiger partial charge in [0.05, 0.1) is 10.9 Å². The molecule has 0 saturated heterocycles. The molecule has 6 heteroatoms. The monoisotopic (exact) mass is 329 g/mol. The number of nitrogens with zero attached hydrogens (tertiary/aromatic N) is 2. The number of amides is 1. The van der Waals surface area contributed by atoms with Crippen LogP contribution in [0.4, 0.5) is 5.69 Å². The second-order valence-electron chi connectivity index (χ2n) is 5.90. The molecule has 0 spiro atoms. The van der Waals surface area contributed by atoms with Crippen LogP contribution in [0.1, 0.15) is 27.7 Å². The summed E-state index contributed by atoms with van der Waals surface area (Å²) in [6.45, 7) is 8.36. The molecule has 0 aliphatic heterocycles. The van der Waals surface area contributed by atoms with E-state index in [1.54, 1.807) is 35.8 Å². The molecule has 1 aromatic carbocycles. The van der Waals surface area contributed by atoms with Crippen LogP contribution in [0, 0.1) is 5.92 Å². The van der Waals surface area contributed by atoms with Crippen molar-refractivity contribution < 1.29 is 4.79 Å². The number of hydrogen-bond donors (Lipinski definition) is 1. The molecular formula is C18H23N3O3. The van der Waals surface area contributed by atoms with Gasteiger partial charge in [0.15, 0.2) is 0 Å². The van der Waals surface area contributed by atoms with Crippen molar-refractivity contribution in [1.82, 2.24) is 9.13 Å². The molecule has 24 heavy (non-hydrogen) atoms. The van der Waals surface area contributed by atoms with Crippen LogP contribution in [0.2, 0.25) is 0 Å². The summed E-state index contributed by atoms with van der Waals surface area (Å²) in [4.78, 5) is 36.8. The van der Waals surface area contributed by atoms with Gasteiger partial charge in [-0.05, 0) is 44.0 Å². The Morgan fingerprint density at radius 2 is 1.83 bits per heavy atom. The number of allylic oxidation sites excluding steroid dienone is 1. The largest absolute Gasteiger partial charge is 0.331 e. The summed E-state index contributed by atoms with van der Waals surface area (Å²) < 4.78 is 2.76. The zero-order valence-electron chi connectivity index (χ0n) is 14.5. The second-order valence-corrected chi connectivity index (χ2v) is 5.90. The number of nitrogens with one attached hydrogen (secondary N) is 1. The van der Waals surface area contributed by atoms with E-state index in [1.807, 2.05) is 20.8 Å². The summed E-state index contributed by atoms with van der Waals surface area (Å²) in [7, 11) is 0. The Bertz CT molecular complexity index is 904. The first-order chi connectivity index (χ1) is 11.4. The predicted octanol–water partition coefficient (Wildman–Crippen LogP) is 2.35. The zero-order valence-corrected chi connectivity index (χ0v) is 14.5. The van der Waals surface area contributed by atoms with Crippen molar-refractivity contribution in [3.05, 3.63) is 51.2 Å². The Kier molecular flexibility index (Phi) is 5.39. The fourth-order valence-electron chi connectivity index (χ4n) is 2.55. The number of aromatic nitrogens is 2. The van der Waals surface area contributed by atoms with Crippen molar-refractivity contribution in [3.63, 3.8) is 0 Å². The van der Waals surface area contributed by atoms with Crippen molar-refractivity contribution in [1.29, 1.82) is 0 Å². The lowest BCUT2D eigenvalue weighted by molar-refractivity contribution is -0.111. The molecule has 0 aliphatic carbocycles. The lowest BCUT2D eigenvalue weighted by Gasteiger charge is -2.12. The van der Waals surface area contributed by atoms with Crippen LogP contribution in [0.5, 0.6) is 0 Å². The van der Waals surface area contributed by atoms with Crippen molar-refractivity contribution in [2.75, 3.05) is 5.32 Å². The van der Waals surface area contributed by atoms with Crippen LogP contribution in [0.15, 0.2) is 39.9 Å². The van der Waals surface area contributed by atoms with Crippen LogP contribution in [0.25, 0.3) is 10.9 Å². The lowest BCUT2D eigenvalue weighted by Crippen LogP contribution is -2.39. The Morgan fingerprint density at radius 3 is 2.42 bits per heavy atom. The summed E-state index contributed by atoms with van der Waals surface area (Å²) >= 11 is 0. The molecule has 2 aromatic rings. The highest BCUT2D eigenvalue weighted by Gasteiger charge is 2.12. The maximum atomic E-state index is 12.5. The molecule has 0 atom stereocenters. The van der Waals surface area contributed by atoms with E-state index in [-0.39, 0.29) is 23.1 Å². The third-order valence-corrected chi connectivity index (χ3v) is 3.76. The molecule has 6 nitrogen and oxygen atoms in total. The number of carbonyl (C=O) groups is 1. The smallest absolute Gasteiger partial charge is 0.322 e. The first kappa shape index (κ1) is 17.7. The minimum absolute atomic E-state index is 0.248. The topological polar surface area (TPSA) is 73.1 Å². The SMILES string of the molecule is CCn1c(=O)c2cc(NC(=O)/C=C/C(C)C)ccc2n(CC)c1=O. The van der Waals surface area contributed by atoms with Crippen LogP contribution in [0.3, 0.4) is 0 Å². The third-order valence-electron chi connectivity index (χ3n) is 3.76. The highest BCUT2D eigenvalue weighted by atomic mass is 16.2. The molecule has 0 bridgehead atoms. The molecule has 0 unspecified atom stereocenters. The average molecular weight is 329 g/mol. The number of rotatable bonds is 5. The van der Waals surface area contributed by atoms with Gasteiger partial charge in [-0.1, -0.05) is 19.9 Å². The minimum Gasteiger partial charge on any atom is -0.322 e. The fourth-order valence-corrected chi connectivity index (χ4v) is 2.55. The van der Waals surface area contributed by atoms with Crippen molar-refractivity contribution >= 4 is 22.5 Å².